The van der Waals surface area contributed by atoms with Gasteiger partial charge < -0.3 is 4.90 Å². The zero-order valence-corrected chi connectivity index (χ0v) is 24.9. The maximum Gasteiger partial charge on any atom is 0.279 e. The van der Waals surface area contributed by atoms with Crippen LogP contribution in [-0.4, -0.2) is 38.2 Å². The number of thiophene rings is 1. The molecule has 0 radical (unpaired) electrons. The number of aromatic nitrogens is 2. The Morgan fingerprint density at radius 1 is 0.810 bits per heavy atom. The molecule has 1 aliphatic heterocycles. The molecule has 5 aromatic rings. The Morgan fingerprint density at radius 3 is 2.05 bits per heavy atom. The number of carbonyl (C=O) groups is 2. The van der Waals surface area contributed by atoms with Crippen molar-refractivity contribution in [3.05, 3.63) is 95.1 Å². The van der Waals surface area contributed by atoms with Crippen LogP contribution in [0.25, 0.3) is 21.5 Å². The number of amides is 2. The van der Waals surface area contributed by atoms with Crippen LogP contribution < -0.4 is 4.90 Å². The van der Waals surface area contributed by atoms with Crippen molar-refractivity contribution in [1.82, 2.24) is 13.6 Å². The van der Waals surface area contributed by atoms with Crippen LogP contribution in [0.1, 0.15) is 18.1 Å². The quantitative estimate of drug-likeness (QED) is 0.198. The first-order valence-corrected chi connectivity index (χ1v) is 14.6. The molecule has 42 heavy (non-hydrogen) atoms. The van der Waals surface area contributed by atoms with Crippen LogP contribution in [0.4, 0.5) is 22.1 Å². The van der Waals surface area contributed by atoms with Crippen molar-refractivity contribution < 1.29 is 9.59 Å². The Hall–Kier alpha value is -4.98. The van der Waals surface area contributed by atoms with Crippen molar-refractivity contribution in [2.75, 3.05) is 11.9 Å². The number of nitriles is 1. The van der Waals surface area contributed by atoms with Gasteiger partial charge in [-0.05, 0) is 69.3 Å². The van der Waals surface area contributed by atoms with Crippen molar-refractivity contribution in [2.24, 2.45) is 4.99 Å². The van der Waals surface area contributed by atoms with Crippen LogP contribution >= 0.6 is 23.1 Å². The molecule has 0 bridgehead atoms. The van der Waals surface area contributed by atoms with Crippen molar-refractivity contribution >= 4 is 73.7 Å². The number of hydrogen-bond acceptors (Lipinski definition) is 9. The summed E-state index contributed by atoms with van der Waals surface area (Å²) in [6, 6.07) is 26.7. The second kappa shape index (κ2) is 10.8. The van der Waals surface area contributed by atoms with Gasteiger partial charge in [-0.25, -0.2) is 4.99 Å². The second-order valence-electron chi connectivity index (χ2n) is 9.98. The monoisotopic (exact) mass is 588 g/mol. The van der Waals surface area contributed by atoms with Crippen LogP contribution in [0.3, 0.4) is 0 Å². The molecule has 0 N–H and O–H groups in total. The smallest absolute Gasteiger partial charge is 0.279 e. The topological polar surface area (TPSA) is 103 Å². The fourth-order valence-corrected chi connectivity index (χ4v) is 6.41. The minimum atomic E-state index is -0.631. The molecule has 3 aromatic carbocycles. The number of benzene rings is 3. The number of rotatable bonds is 5. The van der Waals surface area contributed by atoms with E-state index in [0.29, 0.717) is 16.7 Å². The summed E-state index contributed by atoms with van der Waals surface area (Å²) in [5.74, 6) is -1.19. The van der Waals surface area contributed by atoms with E-state index < -0.39 is 11.8 Å². The lowest BCUT2D eigenvalue weighted by Gasteiger charge is -2.24. The lowest BCUT2D eigenvalue weighted by atomic mass is 9.99. The number of hydrogen-bond donors (Lipinski definition) is 0. The zero-order valence-electron chi connectivity index (χ0n) is 23.2. The van der Waals surface area contributed by atoms with Gasteiger partial charge >= 0.3 is 0 Å². The summed E-state index contributed by atoms with van der Waals surface area (Å²) < 4.78 is 9.07. The SMILES string of the molecule is CC1=C(C#N)C(=O)N(C)C(=O)C1=Nc1ccc(-c2ccc(N(c3ccc(C)cc3)c3ccc(C)cc3)s2)c2nsnc12. The molecule has 2 amide bonds. The standard InChI is InChI=1S/C32H24N6O2S2/c1-18-5-9-21(10-6-18)38(22-11-7-19(2)8-12-22)27-16-15-26(41-27)23-13-14-25(30-29(23)35-42-36-30)34-28-20(3)24(17-33)31(39)37(4)32(28)40/h5-16H,1-4H3. The van der Waals surface area contributed by atoms with Gasteiger partial charge in [-0.2, -0.15) is 14.0 Å². The molecule has 0 saturated carbocycles. The third kappa shape index (κ3) is 4.68. The highest BCUT2D eigenvalue weighted by atomic mass is 32.1. The van der Waals surface area contributed by atoms with E-state index in [2.05, 4.69) is 93.2 Å². The van der Waals surface area contributed by atoms with E-state index in [1.807, 2.05) is 12.1 Å². The number of nitrogens with zero attached hydrogens (tertiary/aromatic N) is 6. The molecule has 3 heterocycles. The number of carbonyl (C=O) groups excluding carboxylic acids is 2. The molecule has 2 aromatic heterocycles. The minimum absolute atomic E-state index is 0.0425. The van der Waals surface area contributed by atoms with E-state index in [0.717, 1.165) is 43.4 Å². The molecule has 0 aliphatic carbocycles. The van der Waals surface area contributed by atoms with Gasteiger partial charge in [0.1, 0.15) is 33.4 Å². The summed E-state index contributed by atoms with van der Waals surface area (Å²) in [7, 11) is 1.35. The Labute approximate surface area is 250 Å². The lowest BCUT2D eigenvalue weighted by molar-refractivity contribution is -0.136. The van der Waals surface area contributed by atoms with Gasteiger partial charge in [0, 0.05) is 34.4 Å². The van der Waals surface area contributed by atoms with E-state index in [4.69, 9.17) is 0 Å². The average molecular weight is 589 g/mol. The summed E-state index contributed by atoms with van der Waals surface area (Å²) in [5, 5.41) is 10.5. The average Bonchev–Trinajstić information content (AvgIpc) is 3.68. The van der Waals surface area contributed by atoms with Crippen molar-refractivity contribution in [2.45, 2.75) is 20.8 Å². The normalized spacial score (nSPS) is 14.6. The molecule has 6 rings (SSSR count). The van der Waals surface area contributed by atoms with Gasteiger partial charge in [-0.3, -0.25) is 14.5 Å². The van der Waals surface area contributed by atoms with Gasteiger partial charge in [0.05, 0.1) is 17.4 Å². The van der Waals surface area contributed by atoms with Crippen LogP contribution in [0, 0.1) is 25.2 Å². The fourth-order valence-electron chi connectivity index (χ4n) is 4.77. The van der Waals surface area contributed by atoms with E-state index in [1.165, 1.54) is 18.2 Å². The largest absolute Gasteiger partial charge is 0.302 e. The summed E-state index contributed by atoms with van der Waals surface area (Å²) in [6.45, 7) is 5.71. The van der Waals surface area contributed by atoms with Gasteiger partial charge in [0.2, 0.25) is 0 Å². The minimum Gasteiger partial charge on any atom is -0.302 e. The first-order valence-electron chi connectivity index (χ1n) is 13.1. The van der Waals surface area contributed by atoms with Crippen LogP contribution in [-0.2, 0) is 9.59 Å². The molecule has 8 nitrogen and oxygen atoms in total. The molecular formula is C32H24N6O2S2. The summed E-state index contributed by atoms with van der Waals surface area (Å²) in [6.07, 6.45) is 0. The van der Waals surface area contributed by atoms with Crippen LogP contribution in [0.15, 0.2) is 88.9 Å². The maximum atomic E-state index is 12.9. The van der Waals surface area contributed by atoms with E-state index in [9.17, 15) is 14.9 Å². The van der Waals surface area contributed by atoms with Gasteiger partial charge in [0.25, 0.3) is 11.8 Å². The highest BCUT2D eigenvalue weighted by molar-refractivity contribution is 7.19. The Bertz CT molecular complexity index is 1930. The third-order valence-corrected chi connectivity index (χ3v) is 8.79. The lowest BCUT2D eigenvalue weighted by Crippen LogP contribution is -2.44. The van der Waals surface area contributed by atoms with E-state index in [1.54, 1.807) is 24.3 Å². The Kier molecular flexibility index (Phi) is 6.98. The third-order valence-electron chi connectivity index (χ3n) is 7.16. The second-order valence-corrected chi connectivity index (χ2v) is 11.6. The zero-order chi connectivity index (χ0) is 29.5. The maximum absolute atomic E-state index is 12.9. The van der Waals surface area contributed by atoms with Gasteiger partial charge in [-0.1, -0.05) is 35.4 Å². The number of anilines is 3. The molecule has 0 unspecified atom stereocenters. The van der Waals surface area contributed by atoms with E-state index in [-0.39, 0.29) is 16.9 Å². The summed E-state index contributed by atoms with van der Waals surface area (Å²) in [5.41, 5.74) is 7.27. The highest BCUT2D eigenvalue weighted by Gasteiger charge is 2.34. The molecule has 206 valence electrons. The number of fused-ring (bicyclic) bond motifs is 1. The van der Waals surface area contributed by atoms with Crippen LogP contribution in [0.5, 0.6) is 0 Å². The predicted octanol–water partition coefficient (Wildman–Crippen LogP) is 7.42. The van der Waals surface area contributed by atoms with Crippen molar-refractivity contribution in [1.29, 1.82) is 5.26 Å². The molecular weight excluding hydrogens is 565 g/mol. The fraction of sp³-hybridized carbons (Fsp3) is 0.125. The molecule has 1 aliphatic rings. The molecule has 0 spiro atoms. The van der Waals surface area contributed by atoms with E-state index >= 15 is 0 Å². The first kappa shape index (κ1) is 27.2. The Balaban J connectivity index is 1.43. The van der Waals surface area contributed by atoms with Gasteiger partial charge in [0.15, 0.2) is 0 Å². The molecule has 0 fully saturated rings. The Morgan fingerprint density at radius 2 is 1.43 bits per heavy atom. The first-order chi connectivity index (χ1) is 20.3. The van der Waals surface area contributed by atoms with Gasteiger partial charge in [-0.15, -0.1) is 11.3 Å². The molecule has 0 atom stereocenters. The number of imide groups is 1. The number of aryl methyl sites for hydroxylation is 2. The summed E-state index contributed by atoms with van der Waals surface area (Å²) >= 11 is 2.71. The van der Waals surface area contributed by atoms with Crippen molar-refractivity contribution in [3.8, 4) is 16.5 Å². The number of aliphatic imine (C=N–C) groups is 1. The highest BCUT2D eigenvalue weighted by Crippen LogP contribution is 2.44. The van der Waals surface area contributed by atoms with Crippen molar-refractivity contribution in [3.63, 3.8) is 0 Å². The summed E-state index contributed by atoms with van der Waals surface area (Å²) in [4.78, 5) is 34.0. The number of likely N-dealkylation sites (N-methyl/N-ethyl adjacent to an activating group) is 1. The van der Waals surface area contributed by atoms with Crippen LogP contribution in [0.2, 0.25) is 0 Å². The predicted molar refractivity (Wildman–Crippen MR) is 168 cm³/mol. The molecule has 10 heteroatoms. The molecule has 0 saturated heterocycles.